The van der Waals surface area contributed by atoms with Crippen LogP contribution >= 0.6 is 46.3 Å². The van der Waals surface area contributed by atoms with Gasteiger partial charge in [0.25, 0.3) is 11.8 Å². The Morgan fingerprint density at radius 1 is 0.875 bits per heavy atom. The molecule has 0 fully saturated rings. The van der Waals surface area contributed by atoms with Crippen molar-refractivity contribution in [3.05, 3.63) is 123 Å². The average molecular weight is 720 g/mol. The van der Waals surface area contributed by atoms with Crippen LogP contribution in [0.1, 0.15) is 15.9 Å². The summed E-state index contributed by atoms with van der Waals surface area (Å²) in [6, 6.07) is 25.9. The molecule has 0 aliphatic rings. The molecule has 13 heteroatoms. The zero-order valence-electron chi connectivity index (χ0n) is 25.6. The zero-order chi connectivity index (χ0) is 34.0. The van der Waals surface area contributed by atoms with Crippen molar-refractivity contribution in [2.45, 2.75) is 4.90 Å². The number of hydrogen-bond donors (Lipinski definition) is 3. The highest BCUT2D eigenvalue weighted by atomic mass is 35.5. The van der Waals surface area contributed by atoms with Crippen molar-refractivity contribution < 1.29 is 23.9 Å². The van der Waals surface area contributed by atoms with Crippen LogP contribution in [0.25, 0.3) is 17.3 Å². The van der Waals surface area contributed by atoms with Gasteiger partial charge in [-0.15, -0.1) is 23.1 Å². The number of thiazole rings is 1. The summed E-state index contributed by atoms with van der Waals surface area (Å²) in [7, 11) is 3.05. The topological polar surface area (TPSA) is 119 Å². The van der Waals surface area contributed by atoms with Crippen LogP contribution in [0.15, 0.2) is 107 Å². The first-order chi connectivity index (χ1) is 23.2. The van der Waals surface area contributed by atoms with Gasteiger partial charge in [0, 0.05) is 32.1 Å². The largest absolute Gasteiger partial charge is 0.493 e. The van der Waals surface area contributed by atoms with Gasteiger partial charge in [-0.3, -0.25) is 14.4 Å². The lowest BCUT2D eigenvalue weighted by molar-refractivity contribution is -0.114. The summed E-state index contributed by atoms with van der Waals surface area (Å²) in [6.45, 7) is 0. The molecule has 0 radical (unpaired) electrons. The fourth-order valence-corrected chi connectivity index (χ4v) is 6.27. The number of rotatable bonds is 12. The summed E-state index contributed by atoms with van der Waals surface area (Å²) >= 11 is 14.9. The maximum atomic E-state index is 13.4. The molecule has 0 spiro atoms. The molecule has 244 valence electrons. The monoisotopic (exact) mass is 718 g/mol. The zero-order valence-corrected chi connectivity index (χ0v) is 28.7. The third kappa shape index (κ3) is 9.17. The van der Waals surface area contributed by atoms with E-state index < -0.39 is 11.8 Å². The lowest BCUT2D eigenvalue weighted by atomic mass is 10.1. The molecule has 0 saturated carbocycles. The van der Waals surface area contributed by atoms with Gasteiger partial charge in [0.1, 0.15) is 5.70 Å². The number of amides is 3. The number of hydrogen-bond acceptors (Lipinski definition) is 8. The van der Waals surface area contributed by atoms with Crippen LogP contribution in [-0.4, -0.2) is 42.7 Å². The average Bonchev–Trinajstić information content (AvgIpc) is 3.55. The van der Waals surface area contributed by atoms with Gasteiger partial charge in [-0.2, -0.15) is 0 Å². The number of aromatic nitrogens is 1. The summed E-state index contributed by atoms with van der Waals surface area (Å²) in [6.07, 6.45) is 1.55. The lowest BCUT2D eigenvalue weighted by Crippen LogP contribution is -2.30. The Labute approximate surface area is 295 Å². The van der Waals surface area contributed by atoms with E-state index in [2.05, 4.69) is 20.9 Å². The molecule has 48 heavy (non-hydrogen) atoms. The molecule has 1 aromatic heterocycles. The third-order valence-electron chi connectivity index (χ3n) is 6.69. The molecule has 0 unspecified atom stereocenters. The SMILES string of the molecule is COc1ccc(/C=C(\NC(=O)c2ccccc2)C(=O)Nc2ccc(SCC(=O)Nc3nc(-c4ccc(Cl)cc4Cl)cs3)cc2)cc1OC. The Bertz CT molecular complexity index is 1970. The fourth-order valence-electron chi connectivity index (χ4n) is 4.34. The van der Waals surface area contributed by atoms with Gasteiger partial charge in [-0.1, -0.05) is 47.5 Å². The smallest absolute Gasteiger partial charge is 0.272 e. The maximum absolute atomic E-state index is 13.4. The van der Waals surface area contributed by atoms with Crippen molar-refractivity contribution in [3.8, 4) is 22.8 Å². The number of benzene rings is 4. The van der Waals surface area contributed by atoms with Crippen LogP contribution in [-0.2, 0) is 9.59 Å². The van der Waals surface area contributed by atoms with Crippen LogP contribution in [0.5, 0.6) is 11.5 Å². The minimum atomic E-state index is -0.531. The number of halogens is 2. The first-order valence-corrected chi connectivity index (χ1v) is 16.9. The molecule has 9 nitrogen and oxygen atoms in total. The highest BCUT2D eigenvalue weighted by Gasteiger charge is 2.16. The number of carbonyl (C=O) groups excluding carboxylic acids is 3. The minimum absolute atomic E-state index is 0.0230. The van der Waals surface area contributed by atoms with Crippen molar-refractivity contribution in [2.24, 2.45) is 0 Å². The summed E-state index contributed by atoms with van der Waals surface area (Å²) in [5, 5.41) is 11.6. The number of carbonyl (C=O) groups is 3. The second-order valence-corrected chi connectivity index (χ2v) is 12.7. The molecule has 5 aromatic rings. The molecule has 4 aromatic carbocycles. The van der Waals surface area contributed by atoms with E-state index in [4.69, 9.17) is 32.7 Å². The Hall–Kier alpha value is -4.81. The normalized spacial score (nSPS) is 11.0. The van der Waals surface area contributed by atoms with E-state index in [0.717, 1.165) is 10.5 Å². The number of nitrogens with one attached hydrogen (secondary N) is 3. The number of thioether (sulfide) groups is 1. The number of ether oxygens (including phenoxy) is 2. The Morgan fingerprint density at radius 3 is 2.33 bits per heavy atom. The molecule has 3 N–H and O–H groups in total. The van der Waals surface area contributed by atoms with Crippen LogP contribution in [0.2, 0.25) is 10.0 Å². The standard InChI is InChI=1S/C35H28Cl2N4O5S2/c1-45-30-15-8-21(17-31(30)46-2)16-28(39-33(43)22-6-4-3-5-7-22)34(44)38-24-10-12-25(13-11-24)47-20-32(42)41-35-40-29(19-48-35)26-14-9-23(36)18-27(26)37/h3-19H,20H2,1-2H3,(H,38,44)(H,39,43)(H,40,41,42)/b28-16-. The van der Waals surface area contributed by atoms with E-state index in [1.165, 1.54) is 37.3 Å². The van der Waals surface area contributed by atoms with Crippen molar-refractivity contribution in [1.29, 1.82) is 0 Å². The first kappa shape index (κ1) is 34.5. The molecular formula is C35H28Cl2N4O5S2. The number of anilines is 2. The van der Waals surface area contributed by atoms with Gasteiger partial charge in [0.15, 0.2) is 16.6 Å². The van der Waals surface area contributed by atoms with Gasteiger partial charge < -0.3 is 25.4 Å². The van der Waals surface area contributed by atoms with Gasteiger partial charge in [-0.25, -0.2) is 4.98 Å². The molecule has 0 aliphatic carbocycles. The van der Waals surface area contributed by atoms with Gasteiger partial charge in [0.05, 0.1) is 30.7 Å². The van der Waals surface area contributed by atoms with Gasteiger partial charge in [0.2, 0.25) is 5.91 Å². The van der Waals surface area contributed by atoms with E-state index in [-0.39, 0.29) is 17.4 Å². The maximum Gasteiger partial charge on any atom is 0.272 e. The Morgan fingerprint density at radius 2 is 1.62 bits per heavy atom. The number of nitrogens with zero attached hydrogens (tertiary/aromatic N) is 1. The number of methoxy groups -OCH3 is 2. The van der Waals surface area contributed by atoms with E-state index in [1.54, 1.807) is 97.1 Å². The lowest BCUT2D eigenvalue weighted by Gasteiger charge is -2.13. The van der Waals surface area contributed by atoms with Gasteiger partial charge in [-0.05, 0) is 78.4 Å². The summed E-state index contributed by atoms with van der Waals surface area (Å²) in [4.78, 5) is 44.3. The fraction of sp³-hybridized carbons (Fsp3) is 0.0857. The van der Waals surface area contributed by atoms with E-state index in [9.17, 15) is 14.4 Å². The molecule has 0 aliphatic heterocycles. The van der Waals surface area contributed by atoms with Crippen molar-refractivity contribution >= 4 is 80.9 Å². The highest BCUT2D eigenvalue weighted by molar-refractivity contribution is 8.00. The minimum Gasteiger partial charge on any atom is -0.493 e. The molecular weight excluding hydrogens is 691 g/mol. The predicted octanol–water partition coefficient (Wildman–Crippen LogP) is 8.27. The van der Waals surface area contributed by atoms with Crippen LogP contribution in [0, 0.1) is 0 Å². The van der Waals surface area contributed by atoms with Crippen LogP contribution < -0.4 is 25.4 Å². The Balaban J connectivity index is 1.22. The van der Waals surface area contributed by atoms with Crippen LogP contribution in [0.3, 0.4) is 0 Å². The summed E-state index contributed by atoms with van der Waals surface area (Å²) in [5.41, 5.74) is 2.89. The molecule has 5 rings (SSSR count). The van der Waals surface area contributed by atoms with E-state index >= 15 is 0 Å². The van der Waals surface area contributed by atoms with Crippen molar-refractivity contribution in [1.82, 2.24) is 10.3 Å². The Kier molecular flexibility index (Phi) is 11.8. The summed E-state index contributed by atoms with van der Waals surface area (Å²) < 4.78 is 10.7. The summed E-state index contributed by atoms with van der Waals surface area (Å²) in [5.74, 6) is -0.0458. The first-order valence-electron chi connectivity index (χ1n) is 14.3. The second kappa shape index (κ2) is 16.3. The highest BCUT2D eigenvalue weighted by Crippen LogP contribution is 2.33. The van der Waals surface area contributed by atoms with Crippen LogP contribution in [0.4, 0.5) is 10.8 Å². The second-order valence-electron chi connectivity index (χ2n) is 9.97. The molecule has 0 saturated heterocycles. The molecule has 3 amide bonds. The van der Waals surface area contributed by atoms with E-state index in [1.807, 2.05) is 5.38 Å². The molecule has 1 heterocycles. The van der Waals surface area contributed by atoms with Crippen molar-refractivity contribution in [2.75, 3.05) is 30.6 Å². The quantitative estimate of drug-likeness (QED) is 0.0878. The predicted molar refractivity (Wildman–Crippen MR) is 193 cm³/mol. The van der Waals surface area contributed by atoms with Gasteiger partial charge >= 0.3 is 0 Å². The third-order valence-corrected chi connectivity index (χ3v) is 9.00. The van der Waals surface area contributed by atoms with E-state index in [0.29, 0.717) is 49.2 Å². The van der Waals surface area contributed by atoms with Crippen molar-refractivity contribution in [3.63, 3.8) is 0 Å². The molecule has 0 atom stereocenters. The molecule has 0 bridgehead atoms.